The monoisotopic (exact) mass is 355 g/mol. The number of halogens is 1. The van der Waals surface area contributed by atoms with E-state index < -0.39 is 5.82 Å². The lowest BCUT2D eigenvalue weighted by Crippen LogP contribution is -2.21. The molecule has 9 heteroatoms. The average Bonchev–Trinajstić information content (AvgIpc) is 3.06. The lowest BCUT2D eigenvalue weighted by atomic mass is 10.1. The molecule has 0 aliphatic carbocycles. The van der Waals surface area contributed by atoms with Crippen LogP contribution in [-0.2, 0) is 4.74 Å². The van der Waals surface area contributed by atoms with E-state index in [1.807, 2.05) is 11.5 Å². The third kappa shape index (κ3) is 3.25. The summed E-state index contributed by atoms with van der Waals surface area (Å²) in [4.78, 5) is 20.6. The summed E-state index contributed by atoms with van der Waals surface area (Å²) in [5.41, 5.74) is 1.48. The Morgan fingerprint density at radius 1 is 1.12 bits per heavy atom. The molecular weight excluding hydrogens is 337 g/mol. The van der Waals surface area contributed by atoms with Crippen LogP contribution in [0.15, 0.2) is 31.1 Å². The van der Waals surface area contributed by atoms with Crippen LogP contribution in [0.5, 0.6) is 0 Å². The van der Waals surface area contributed by atoms with Crippen molar-refractivity contribution in [3.63, 3.8) is 0 Å². The molecule has 26 heavy (non-hydrogen) atoms. The highest BCUT2D eigenvalue weighted by Gasteiger charge is 2.23. The maximum Gasteiger partial charge on any atom is 0.228 e. The molecule has 0 saturated carbocycles. The first-order chi connectivity index (χ1) is 12.7. The molecule has 0 atom stereocenters. The SMILES string of the molecule is Cc1ncc(-c2nc(Nc3cncnc3)ncc2F)n1C1CCOCC1. The quantitative estimate of drug-likeness (QED) is 0.769. The second-order valence-electron chi connectivity index (χ2n) is 6.05. The number of hydrogen-bond donors (Lipinski definition) is 1. The van der Waals surface area contributed by atoms with E-state index in [-0.39, 0.29) is 17.7 Å². The summed E-state index contributed by atoms with van der Waals surface area (Å²) in [7, 11) is 0. The van der Waals surface area contributed by atoms with Crippen LogP contribution in [0.25, 0.3) is 11.4 Å². The molecule has 0 amide bonds. The van der Waals surface area contributed by atoms with Crippen LogP contribution in [0.2, 0.25) is 0 Å². The van der Waals surface area contributed by atoms with Gasteiger partial charge in [-0.1, -0.05) is 0 Å². The fraction of sp³-hybridized carbons (Fsp3) is 0.353. The summed E-state index contributed by atoms with van der Waals surface area (Å²) >= 11 is 0. The Morgan fingerprint density at radius 2 is 1.88 bits per heavy atom. The Morgan fingerprint density at radius 3 is 2.65 bits per heavy atom. The van der Waals surface area contributed by atoms with Crippen LogP contribution >= 0.6 is 0 Å². The van der Waals surface area contributed by atoms with Gasteiger partial charge >= 0.3 is 0 Å². The molecule has 1 fully saturated rings. The maximum atomic E-state index is 14.5. The van der Waals surface area contributed by atoms with E-state index in [9.17, 15) is 4.39 Å². The van der Waals surface area contributed by atoms with Crippen LogP contribution < -0.4 is 5.32 Å². The van der Waals surface area contributed by atoms with Crippen LogP contribution in [0.1, 0.15) is 24.7 Å². The first kappa shape index (κ1) is 16.5. The number of aromatic nitrogens is 6. The number of aryl methyl sites for hydroxylation is 1. The average molecular weight is 355 g/mol. The van der Waals surface area contributed by atoms with Gasteiger partial charge in [-0.15, -0.1) is 0 Å². The van der Waals surface area contributed by atoms with Crippen LogP contribution in [-0.4, -0.2) is 42.7 Å². The first-order valence-corrected chi connectivity index (χ1v) is 8.39. The van der Waals surface area contributed by atoms with Crippen molar-refractivity contribution in [2.75, 3.05) is 18.5 Å². The molecule has 8 nitrogen and oxygen atoms in total. The summed E-state index contributed by atoms with van der Waals surface area (Å²) in [6.45, 7) is 3.29. The highest BCUT2D eigenvalue weighted by Crippen LogP contribution is 2.30. The van der Waals surface area contributed by atoms with Gasteiger partial charge in [0.25, 0.3) is 0 Å². The largest absolute Gasteiger partial charge is 0.381 e. The molecule has 4 rings (SSSR count). The number of anilines is 2. The molecule has 4 heterocycles. The zero-order chi connectivity index (χ0) is 17.9. The molecule has 0 radical (unpaired) electrons. The van der Waals surface area contributed by atoms with Crippen molar-refractivity contribution in [1.29, 1.82) is 0 Å². The van der Waals surface area contributed by atoms with Gasteiger partial charge in [-0.2, -0.15) is 0 Å². The molecule has 1 aliphatic heterocycles. The number of imidazole rings is 1. The molecular formula is C17H18FN7O. The molecule has 0 bridgehead atoms. The van der Waals surface area contributed by atoms with Crippen molar-refractivity contribution < 1.29 is 9.13 Å². The topological polar surface area (TPSA) is 90.6 Å². The predicted octanol–water partition coefficient (Wildman–Crippen LogP) is 2.67. The second-order valence-corrected chi connectivity index (χ2v) is 6.05. The molecule has 134 valence electrons. The Labute approximate surface area is 149 Å². The van der Waals surface area contributed by atoms with Crippen LogP contribution in [0, 0.1) is 12.7 Å². The van der Waals surface area contributed by atoms with Crippen molar-refractivity contribution in [2.24, 2.45) is 0 Å². The highest BCUT2D eigenvalue weighted by atomic mass is 19.1. The third-order valence-electron chi connectivity index (χ3n) is 4.34. The minimum atomic E-state index is -0.493. The number of nitrogens with zero attached hydrogens (tertiary/aromatic N) is 6. The molecule has 0 spiro atoms. The molecule has 1 saturated heterocycles. The third-order valence-corrected chi connectivity index (χ3v) is 4.34. The molecule has 3 aromatic heterocycles. The van der Waals surface area contributed by atoms with E-state index in [0.717, 1.165) is 24.9 Å². The van der Waals surface area contributed by atoms with Crippen molar-refractivity contribution in [1.82, 2.24) is 29.5 Å². The Bertz CT molecular complexity index is 893. The van der Waals surface area contributed by atoms with Crippen molar-refractivity contribution in [3.05, 3.63) is 42.8 Å². The van der Waals surface area contributed by atoms with E-state index in [1.165, 1.54) is 6.33 Å². The van der Waals surface area contributed by atoms with E-state index >= 15 is 0 Å². The molecule has 3 aromatic rings. The lowest BCUT2D eigenvalue weighted by molar-refractivity contribution is 0.0694. The number of nitrogens with one attached hydrogen (secondary N) is 1. The van der Waals surface area contributed by atoms with Crippen LogP contribution in [0.3, 0.4) is 0 Å². The highest BCUT2D eigenvalue weighted by molar-refractivity contribution is 5.59. The summed E-state index contributed by atoms with van der Waals surface area (Å²) in [6.07, 6.45) is 9.16. The van der Waals surface area contributed by atoms with Gasteiger partial charge in [0.2, 0.25) is 5.95 Å². The summed E-state index contributed by atoms with van der Waals surface area (Å²) in [5, 5.41) is 2.98. The Balaban J connectivity index is 1.70. The van der Waals surface area contributed by atoms with Crippen molar-refractivity contribution >= 4 is 11.6 Å². The van der Waals surface area contributed by atoms with Crippen LogP contribution in [0.4, 0.5) is 16.0 Å². The van der Waals surface area contributed by atoms with Gasteiger partial charge < -0.3 is 14.6 Å². The number of ether oxygens (including phenoxy) is 1. The second kappa shape index (κ2) is 7.12. The van der Waals surface area contributed by atoms with E-state index in [2.05, 4.69) is 30.2 Å². The van der Waals surface area contributed by atoms with Gasteiger partial charge in [0, 0.05) is 19.3 Å². The maximum absolute atomic E-state index is 14.5. The zero-order valence-corrected chi connectivity index (χ0v) is 14.3. The van der Waals surface area contributed by atoms with Gasteiger partial charge in [-0.25, -0.2) is 29.3 Å². The minimum Gasteiger partial charge on any atom is -0.381 e. The van der Waals surface area contributed by atoms with Gasteiger partial charge in [0.05, 0.1) is 36.2 Å². The molecule has 1 aliphatic rings. The number of rotatable bonds is 4. The fourth-order valence-electron chi connectivity index (χ4n) is 3.13. The normalized spacial score (nSPS) is 15.2. The predicted molar refractivity (Wildman–Crippen MR) is 92.4 cm³/mol. The van der Waals surface area contributed by atoms with E-state index in [0.29, 0.717) is 24.6 Å². The van der Waals surface area contributed by atoms with Gasteiger partial charge in [0.1, 0.15) is 17.8 Å². The summed E-state index contributed by atoms with van der Waals surface area (Å²) in [6, 6.07) is 0.217. The summed E-state index contributed by atoms with van der Waals surface area (Å²) in [5.74, 6) is 0.609. The van der Waals surface area contributed by atoms with Crippen molar-refractivity contribution in [2.45, 2.75) is 25.8 Å². The van der Waals surface area contributed by atoms with Gasteiger partial charge in [-0.3, -0.25) is 0 Å². The lowest BCUT2D eigenvalue weighted by Gasteiger charge is -2.26. The first-order valence-electron chi connectivity index (χ1n) is 8.39. The summed E-state index contributed by atoms with van der Waals surface area (Å²) < 4.78 is 22.0. The van der Waals surface area contributed by atoms with E-state index in [1.54, 1.807) is 18.6 Å². The molecule has 0 aromatic carbocycles. The smallest absolute Gasteiger partial charge is 0.228 e. The Kier molecular flexibility index (Phi) is 4.53. The van der Waals surface area contributed by atoms with Gasteiger partial charge in [-0.05, 0) is 19.8 Å². The fourth-order valence-corrected chi connectivity index (χ4v) is 3.13. The minimum absolute atomic E-state index is 0.214. The number of hydrogen-bond acceptors (Lipinski definition) is 7. The zero-order valence-electron chi connectivity index (χ0n) is 14.3. The molecule has 1 N–H and O–H groups in total. The Hall–Kier alpha value is -2.94. The standard InChI is InChI=1S/C17H18FN7O/c1-11-21-9-15(25(11)13-2-4-26-5-3-13)16-14(18)8-22-17(24-16)23-12-6-19-10-20-7-12/h6-10,13H,2-5H2,1H3,(H,22,23,24). The molecule has 0 unspecified atom stereocenters. The van der Waals surface area contributed by atoms with E-state index in [4.69, 9.17) is 4.74 Å². The van der Waals surface area contributed by atoms with Crippen molar-refractivity contribution in [3.8, 4) is 11.4 Å². The van der Waals surface area contributed by atoms with Gasteiger partial charge in [0.15, 0.2) is 5.82 Å².